The lowest BCUT2D eigenvalue weighted by molar-refractivity contribution is 0.205. The maximum Gasteiger partial charge on any atom is 0.168 e. The number of aromatic nitrogens is 2. The SMILES string of the molecule is COCN1c2cc(C=CC#N)ccc2Sc2nccnc21. The third-order valence-electron chi connectivity index (χ3n) is 2.99. The first-order valence-corrected chi connectivity index (χ1v) is 7.10. The molecular weight excluding hydrogens is 284 g/mol. The summed E-state index contributed by atoms with van der Waals surface area (Å²) in [6.07, 6.45) is 6.60. The molecule has 0 radical (unpaired) electrons. The fourth-order valence-electron chi connectivity index (χ4n) is 2.12. The molecule has 1 aromatic carbocycles. The Balaban J connectivity index is 2.08. The zero-order valence-corrected chi connectivity index (χ0v) is 12.2. The topological polar surface area (TPSA) is 62.0 Å². The molecule has 5 nitrogen and oxygen atoms in total. The minimum atomic E-state index is 0.394. The van der Waals surface area contributed by atoms with Crippen molar-refractivity contribution in [1.29, 1.82) is 5.26 Å². The summed E-state index contributed by atoms with van der Waals surface area (Å²) in [7, 11) is 1.65. The van der Waals surface area contributed by atoms with Gasteiger partial charge < -0.3 is 4.74 Å². The molecule has 2 aromatic rings. The number of fused-ring (bicyclic) bond motifs is 2. The summed E-state index contributed by atoms with van der Waals surface area (Å²) in [6, 6.07) is 8.03. The van der Waals surface area contributed by atoms with Gasteiger partial charge in [-0.25, -0.2) is 9.97 Å². The van der Waals surface area contributed by atoms with Crippen LogP contribution in [0, 0.1) is 11.3 Å². The van der Waals surface area contributed by atoms with E-state index >= 15 is 0 Å². The van der Waals surface area contributed by atoms with Crippen LogP contribution >= 0.6 is 11.8 Å². The smallest absolute Gasteiger partial charge is 0.168 e. The molecule has 0 saturated heterocycles. The zero-order valence-electron chi connectivity index (χ0n) is 11.4. The minimum absolute atomic E-state index is 0.394. The summed E-state index contributed by atoms with van der Waals surface area (Å²) in [5, 5.41) is 9.51. The first kappa shape index (κ1) is 13.6. The van der Waals surface area contributed by atoms with Gasteiger partial charge in [-0.15, -0.1) is 0 Å². The van der Waals surface area contributed by atoms with Crippen molar-refractivity contribution < 1.29 is 4.74 Å². The fourth-order valence-corrected chi connectivity index (χ4v) is 3.11. The molecule has 2 heterocycles. The Morgan fingerprint density at radius 1 is 1.38 bits per heavy atom. The van der Waals surface area contributed by atoms with Crippen LogP contribution in [0.1, 0.15) is 5.56 Å². The molecule has 0 aliphatic carbocycles. The number of rotatable bonds is 3. The van der Waals surface area contributed by atoms with Gasteiger partial charge in [0.05, 0.1) is 11.8 Å². The van der Waals surface area contributed by atoms with Gasteiger partial charge in [-0.05, 0) is 23.8 Å². The lowest BCUT2D eigenvalue weighted by atomic mass is 10.1. The van der Waals surface area contributed by atoms with Crippen LogP contribution in [0.25, 0.3) is 6.08 Å². The normalized spacial score (nSPS) is 12.9. The Morgan fingerprint density at radius 3 is 3.05 bits per heavy atom. The second-order valence-electron chi connectivity index (χ2n) is 4.32. The molecule has 0 fully saturated rings. The highest BCUT2D eigenvalue weighted by atomic mass is 32.2. The van der Waals surface area contributed by atoms with Crippen LogP contribution in [-0.4, -0.2) is 23.8 Å². The molecule has 0 amide bonds. The van der Waals surface area contributed by atoms with Crippen molar-refractivity contribution in [3.63, 3.8) is 0 Å². The number of allylic oxidation sites excluding steroid dienone is 1. The van der Waals surface area contributed by atoms with E-state index in [0.717, 1.165) is 27.0 Å². The standard InChI is InChI=1S/C15H12N4OS/c1-20-10-19-12-9-11(3-2-6-16)4-5-13(12)21-15-14(19)17-7-8-18-15/h2-5,7-9H,10H2,1H3. The van der Waals surface area contributed by atoms with E-state index in [0.29, 0.717) is 6.73 Å². The molecular formula is C15H12N4OS. The van der Waals surface area contributed by atoms with Crippen molar-refractivity contribution in [2.45, 2.75) is 9.92 Å². The molecule has 3 rings (SSSR count). The number of methoxy groups -OCH3 is 1. The molecule has 0 saturated carbocycles. The van der Waals surface area contributed by atoms with Crippen molar-refractivity contribution >= 4 is 29.3 Å². The predicted molar refractivity (Wildman–Crippen MR) is 81.3 cm³/mol. The highest BCUT2D eigenvalue weighted by Gasteiger charge is 2.25. The van der Waals surface area contributed by atoms with E-state index < -0.39 is 0 Å². The van der Waals surface area contributed by atoms with Gasteiger partial charge in [-0.3, -0.25) is 4.90 Å². The van der Waals surface area contributed by atoms with Crippen molar-refractivity contribution in [2.75, 3.05) is 18.7 Å². The van der Waals surface area contributed by atoms with Gasteiger partial charge >= 0.3 is 0 Å². The first-order valence-electron chi connectivity index (χ1n) is 6.29. The number of benzene rings is 1. The van der Waals surface area contributed by atoms with Gasteiger partial charge in [0.25, 0.3) is 0 Å². The molecule has 1 aliphatic rings. The Kier molecular flexibility index (Phi) is 3.86. The molecule has 104 valence electrons. The molecule has 0 N–H and O–H groups in total. The van der Waals surface area contributed by atoms with Crippen LogP contribution in [-0.2, 0) is 4.74 Å². The molecule has 21 heavy (non-hydrogen) atoms. The van der Waals surface area contributed by atoms with E-state index in [-0.39, 0.29) is 0 Å². The number of ether oxygens (including phenoxy) is 1. The maximum absolute atomic E-state index is 8.64. The number of anilines is 2. The maximum atomic E-state index is 8.64. The Bertz CT molecular complexity index is 739. The van der Waals surface area contributed by atoms with Crippen molar-refractivity contribution in [3.05, 3.63) is 42.2 Å². The van der Waals surface area contributed by atoms with E-state index in [2.05, 4.69) is 9.97 Å². The summed E-state index contributed by atoms with van der Waals surface area (Å²) in [5.74, 6) is 0.790. The van der Waals surface area contributed by atoms with Crippen molar-refractivity contribution in [3.8, 4) is 6.07 Å². The van der Waals surface area contributed by atoms with E-state index in [4.69, 9.17) is 10.00 Å². The minimum Gasteiger partial charge on any atom is -0.364 e. The van der Waals surface area contributed by atoms with Gasteiger partial charge in [0.2, 0.25) is 0 Å². The summed E-state index contributed by atoms with van der Waals surface area (Å²) < 4.78 is 5.29. The van der Waals surface area contributed by atoms with Gasteiger partial charge in [-0.1, -0.05) is 17.8 Å². The van der Waals surface area contributed by atoms with Gasteiger partial charge in [0.1, 0.15) is 11.8 Å². The number of hydrogen-bond donors (Lipinski definition) is 0. The van der Waals surface area contributed by atoms with E-state index in [9.17, 15) is 0 Å². The fraction of sp³-hybridized carbons (Fsp3) is 0.133. The predicted octanol–water partition coefficient (Wildman–Crippen LogP) is 3.22. The summed E-state index contributed by atoms with van der Waals surface area (Å²) >= 11 is 1.58. The second kappa shape index (κ2) is 5.95. The average molecular weight is 296 g/mol. The molecule has 0 spiro atoms. The Hall–Kier alpha value is -2.36. The third kappa shape index (κ3) is 2.61. The van der Waals surface area contributed by atoms with E-state index in [1.165, 1.54) is 6.08 Å². The molecule has 0 bridgehead atoms. The molecule has 0 atom stereocenters. The monoisotopic (exact) mass is 296 g/mol. The molecule has 6 heteroatoms. The van der Waals surface area contributed by atoms with Crippen LogP contribution in [0.3, 0.4) is 0 Å². The molecule has 1 aromatic heterocycles. The second-order valence-corrected chi connectivity index (χ2v) is 5.35. The van der Waals surface area contributed by atoms with Crippen LogP contribution in [0.4, 0.5) is 11.5 Å². The number of nitrogens with zero attached hydrogens (tertiary/aromatic N) is 4. The number of nitriles is 1. The largest absolute Gasteiger partial charge is 0.364 e. The van der Waals surface area contributed by atoms with E-state index in [1.54, 1.807) is 37.3 Å². The summed E-state index contributed by atoms with van der Waals surface area (Å²) in [5.41, 5.74) is 1.97. The molecule has 0 unspecified atom stereocenters. The Labute approximate surface area is 126 Å². The quantitative estimate of drug-likeness (QED) is 0.810. The van der Waals surface area contributed by atoms with Crippen molar-refractivity contribution in [1.82, 2.24) is 9.97 Å². The van der Waals surface area contributed by atoms with Crippen LogP contribution in [0.5, 0.6) is 0 Å². The summed E-state index contributed by atoms with van der Waals surface area (Å²) in [6.45, 7) is 0.394. The van der Waals surface area contributed by atoms with Crippen LogP contribution in [0.15, 0.2) is 46.6 Å². The van der Waals surface area contributed by atoms with E-state index in [1.807, 2.05) is 29.2 Å². The van der Waals surface area contributed by atoms with Gasteiger partial charge in [0.15, 0.2) is 5.82 Å². The van der Waals surface area contributed by atoms with Gasteiger partial charge in [-0.2, -0.15) is 5.26 Å². The lowest BCUT2D eigenvalue weighted by Crippen LogP contribution is -2.24. The van der Waals surface area contributed by atoms with Crippen LogP contribution < -0.4 is 4.90 Å². The summed E-state index contributed by atoms with van der Waals surface area (Å²) in [4.78, 5) is 11.8. The average Bonchev–Trinajstić information content (AvgIpc) is 2.53. The third-order valence-corrected chi connectivity index (χ3v) is 4.04. The first-order chi connectivity index (χ1) is 10.3. The highest BCUT2D eigenvalue weighted by molar-refractivity contribution is 7.99. The van der Waals surface area contributed by atoms with Crippen LogP contribution in [0.2, 0.25) is 0 Å². The van der Waals surface area contributed by atoms with Crippen molar-refractivity contribution in [2.24, 2.45) is 0 Å². The highest BCUT2D eigenvalue weighted by Crippen LogP contribution is 2.46. The lowest BCUT2D eigenvalue weighted by Gasteiger charge is -2.30. The molecule has 1 aliphatic heterocycles. The zero-order chi connectivity index (χ0) is 14.7. The Morgan fingerprint density at radius 2 is 2.24 bits per heavy atom. The van der Waals surface area contributed by atoms with Gasteiger partial charge in [0, 0.05) is 30.5 Å². The number of hydrogen-bond acceptors (Lipinski definition) is 6.